The molecular weight excluding hydrogens is 308 g/mol. The first-order valence-corrected chi connectivity index (χ1v) is 8.64. The molecule has 2 heterocycles. The van der Waals surface area contributed by atoms with Gasteiger partial charge in [0.2, 0.25) is 0 Å². The maximum atomic E-state index is 12.0. The number of carbonyl (C=O) groups is 1. The van der Waals surface area contributed by atoms with Gasteiger partial charge in [0.25, 0.3) is 10.1 Å². The van der Waals surface area contributed by atoms with Crippen LogP contribution in [0, 0.1) is 0 Å². The summed E-state index contributed by atoms with van der Waals surface area (Å²) in [4.78, 5) is 17.9. The minimum absolute atomic E-state index is 0.0639. The highest BCUT2D eigenvalue weighted by Gasteiger charge is 2.28. The number of hydrogen-bond acceptors (Lipinski definition) is 6. The van der Waals surface area contributed by atoms with E-state index in [0.29, 0.717) is 18.7 Å². The fraction of sp³-hybridized carbons (Fsp3) is 0.571. The molecule has 0 bridgehead atoms. The maximum absolute atomic E-state index is 12.0. The van der Waals surface area contributed by atoms with Crippen LogP contribution in [0.15, 0.2) is 12.3 Å². The van der Waals surface area contributed by atoms with Crippen molar-refractivity contribution >= 4 is 16.2 Å². The summed E-state index contributed by atoms with van der Waals surface area (Å²) < 4.78 is 32.1. The van der Waals surface area contributed by atoms with E-state index in [9.17, 15) is 13.2 Å². The monoisotopic (exact) mass is 328 g/mol. The van der Waals surface area contributed by atoms with Crippen molar-refractivity contribution in [3.05, 3.63) is 29.1 Å². The zero-order chi connectivity index (χ0) is 16.5. The van der Waals surface area contributed by atoms with Crippen molar-refractivity contribution in [3.8, 4) is 0 Å². The highest BCUT2D eigenvalue weighted by atomic mass is 32.2. The van der Waals surface area contributed by atoms with Gasteiger partial charge in [-0.25, -0.2) is 4.79 Å². The molecule has 0 saturated carbocycles. The third kappa shape index (κ3) is 4.67. The van der Waals surface area contributed by atoms with E-state index in [-0.39, 0.29) is 12.7 Å². The zero-order valence-corrected chi connectivity index (χ0v) is 13.9. The molecule has 1 aromatic rings. The predicted molar refractivity (Wildman–Crippen MR) is 79.4 cm³/mol. The van der Waals surface area contributed by atoms with Gasteiger partial charge in [0, 0.05) is 6.20 Å². The van der Waals surface area contributed by atoms with Gasteiger partial charge in [-0.05, 0) is 38.0 Å². The van der Waals surface area contributed by atoms with Crippen LogP contribution in [0.4, 0.5) is 4.79 Å². The predicted octanol–water partition coefficient (Wildman–Crippen LogP) is 1.81. The van der Waals surface area contributed by atoms with Crippen molar-refractivity contribution in [2.45, 2.75) is 46.1 Å². The first-order valence-electron chi connectivity index (χ1n) is 6.82. The number of hydrogen-bond donors (Lipinski definition) is 0. The second-order valence-electron chi connectivity index (χ2n) is 6.25. The molecule has 0 aliphatic carbocycles. The van der Waals surface area contributed by atoms with E-state index in [1.807, 2.05) is 20.8 Å². The molecule has 2 rings (SSSR count). The maximum Gasteiger partial charge on any atom is 0.410 e. The van der Waals surface area contributed by atoms with Crippen molar-refractivity contribution in [2.24, 2.45) is 0 Å². The lowest BCUT2D eigenvalue weighted by Crippen LogP contribution is -2.33. The summed E-state index contributed by atoms with van der Waals surface area (Å²) in [6.45, 7) is 6.15. The number of carbonyl (C=O) groups excluding carboxylic acids is 1. The second-order valence-corrected chi connectivity index (χ2v) is 7.90. The van der Waals surface area contributed by atoms with Crippen LogP contribution in [-0.4, -0.2) is 36.3 Å². The lowest BCUT2D eigenvalue weighted by atomic mass is 10.2. The highest BCUT2D eigenvalue weighted by molar-refractivity contribution is 7.85. The van der Waals surface area contributed by atoms with Crippen LogP contribution in [0.5, 0.6) is 0 Å². The molecule has 1 aliphatic heterocycles. The van der Waals surface area contributed by atoms with Crippen molar-refractivity contribution in [2.75, 3.05) is 6.26 Å². The topological polar surface area (TPSA) is 85.8 Å². The molecule has 0 spiro atoms. The average Bonchev–Trinajstić information content (AvgIpc) is 2.76. The minimum Gasteiger partial charge on any atom is -0.444 e. The lowest BCUT2D eigenvalue weighted by Gasteiger charge is -2.23. The Morgan fingerprint density at radius 2 is 2.05 bits per heavy atom. The Morgan fingerprint density at radius 3 is 2.64 bits per heavy atom. The standard InChI is InChI=1S/C14H20N2O5S/c1-14(2,3)21-13(17)16-7-11-5-10(6-15-12(11)8-16)9-20-22(4,18)19/h5-6H,7-9H2,1-4H3. The first-order chi connectivity index (χ1) is 10.0. The minimum atomic E-state index is -3.49. The Bertz CT molecular complexity index is 679. The molecule has 0 aromatic carbocycles. The van der Waals surface area contributed by atoms with E-state index in [2.05, 4.69) is 4.98 Å². The largest absolute Gasteiger partial charge is 0.444 e. The van der Waals surface area contributed by atoms with Gasteiger partial charge in [0.1, 0.15) is 5.60 Å². The Morgan fingerprint density at radius 1 is 1.36 bits per heavy atom. The fourth-order valence-corrected chi connectivity index (χ4v) is 2.37. The molecule has 7 nitrogen and oxygen atoms in total. The van der Waals surface area contributed by atoms with E-state index in [0.717, 1.165) is 17.5 Å². The molecule has 122 valence electrons. The van der Waals surface area contributed by atoms with Crippen LogP contribution >= 0.6 is 0 Å². The van der Waals surface area contributed by atoms with Crippen molar-refractivity contribution in [1.82, 2.24) is 9.88 Å². The van der Waals surface area contributed by atoms with Crippen LogP contribution in [0.2, 0.25) is 0 Å². The number of rotatable bonds is 3. The van der Waals surface area contributed by atoms with Gasteiger partial charge in [-0.1, -0.05) is 0 Å². The zero-order valence-electron chi connectivity index (χ0n) is 13.1. The fourth-order valence-electron chi connectivity index (χ4n) is 2.02. The molecular formula is C14H20N2O5S. The molecule has 0 atom stereocenters. The van der Waals surface area contributed by atoms with E-state index in [1.54, 1.807) is 17.2 Å². The van der Waals surface area contributed by atoms with Crippen LogP contribution in [0.3, 0.4) is 0 Å². The number of fused-ring (bicyclic) bond motifs is 1. The van der Waals surface area contributed by atoms with E-state index < -0.39 is 15.7 Å². The van der Waals surface area contributed by atoms with Crippen molar-refractivity contribution < 1.29 is 22.1 Å². The molecule has 0 fully saturated rings. The van der Waals surface area contributed by atoms with E-state index in [4.69, 9.17) is 8.92 Å². The number of pyridine rings is 1. The third-order valence-electron chi connectivity index (χ3n) is 2.91. The van der Waals surface area contributed by atoms with Crippen LogP contribution in [-0.2, 0) is 38.7 Å². The molecule has 8 heteroatoms. The molecule has 0 saturated heterocycles. The quantitative estimate of drug-likeness (QED) is 0.787. The lowest BCUT2D eigenvalue weighted by molar-refractivity contribution is 0.0240. The molecule has 0 unspecified atom stereocenters. The summed E-state index contributed by atoms with van der Waals surface area (Å²) in [5.41, 5.74) is 1.76. The molecule has 1 aromatic heterocycles. The van der Waals surface area contributed by atoms with Crippen LogP contribution in [0.1, 0.15) is 37.6 Å². The molecule has 1 aliphatic rings. The van der Waals surface area contributed by atoms with E-state index >= 15 is 0 Å². The Hall–Kier alpha value is -1.67. The van der Waals surface area contributed by atoms with Gasteiger partial charge < -0.3 is 4.74 Å². The SMILES string of the molecule is CC(C)(C)OC(=O)N1Cc2cc(COS(C)(=O)=O)cnc2C1. The summed E-state index contributed by atoms with van der Waals surface area (Å²) in [7, 11) is -3.49. The summed E-state index contributed by atoms with van der Waals surface area (Å²) in [6, 6.07) is 1.80. The number of amides is 1. The van der Waals surface area contributed by atoms with E-state index in [1.165, 1.54) is 0 Å². The van der Waals surface area contributed by atoms with Gasteiger partial charge >= 0.3 is 6.09 Å². The Balaban J connectivity index is 2.04. The summed E-state index contributed by atoms with van der Waals surface area (Å²) in [5, 5.41) is 0. The van der Waals surface area contributed by atoms with Gasteiger partial charge in [0.05, 0.1) is 31.6 Å². The van der Waals surface area contributed by atoms with Gasteiger partial charge in [-0.2, -0.15) is 8.42 Å². The first kappa shape index (κ1) is 16.7. The van der Waals surface area contributed by atoms with Crippen molar-refractivity contribution in [3.63, 3.8) is 0 Å². The summed E-state index contributed by atoms with van der Waals surface area (Å²) in [5.74, 6) is 0. The summed E-state index contributed by atoms with van der Waals surface area (Å²) in [6.07, 6.45) is 2.17. The number of nitrogens with zero attached hydrogens (tertiary/aromatic N) is 2. The smallest absolute Gasteiger partial charge is 0.410 e. The normalized spacial score (nSPS) is 14.8. The number of ether oxygens (including phenoxy) is 1. The van der Waals surface area contributed by atoms with Gasteiger partial charge in [-0.15, -0.1) is 0 Å². The number of aromatic nitrogens is 1. The van der Waals surface area contributed by atoms with Crippen molar-refractivity contribution in [1.29, 1.82) is 0 Å². The molecule has 0 N–H and O–H groups in total. The van der Waals surface area contributed by atoms with Crippen LogP contribution in [0.25, 0.3) is 0 Å². The summed E-state index contributed by atoms with van der Waals surface area (Å²) >= 11 is 0. The molecule has 1 amide bonds. The Kier molecular flexibility index (Phi) is 4.44. The van der Waals surface area contributed by atoms with Gasteiger partial charge in [-0.3, -0.25) is 14.1 Å². The average molecular weight is 328 g/mol. The van der Waals surface area contributed by atoms with Crippen LogP contribution < -0.4 is 0 Å². The second kappa shape index (κ2) is 5.85. The highest BCUT2D eigenvalue weighted by Crippen LogP contribution is 2.24. The Labute approximate surface area is 130 Å². The molecule has 22 heavy (non-hydrogen) atoms. The van der Waals surface area contributed by atoms with Gasteiger partial charge in [0.15, 0.2) is 0 Å². The third-order valence-corrected chi connectivity index (χ3v) is 3.46. The molecule has 0 radical (unpaired) electrons.